The van der Waals surface area contributed by atoms with Gasteiger partial charge in [-0.25, -0.2) is 9.97 Å². The van der Waals surface area contributed by atoms with Crippen LogP contribution in [-0.4, -0.2) is 44.9 Å². The zero-order chi connectivity index (χ0) is 17.2. The fourth-order valence-electron chi connectivity index (χ4n) is 3.07. The molecule has 24 heavy (non-hydrogen) atoms. The molecule has 1 aliphatic rings. The summed E-state index contributed by atoms with van der Waals surface area (Å²) in [6, 6.07) is 9.44. The van der Waals surface area contributed by atoms with Gasteiger partial charge < -0.3 is 10.0 Å². The second kappa shape index (κ2) is 6.39. The van der Waals surface area contributed by atoms with E-state index in [1.54, 1.807) is 11.8 Å². The van der Waals surface area contributed by atoms with Gasteiger partial charge in [-0.2, -0.15) is 0 Å². The summed E-state index contributed by atoms with van der Waals surface area (Å²) in [5.74, 6) is -1.09. The van der Waals surface area contributed by atoms with Crippen LogP contribution in [0.3, 0.4) is 0 Å². The number of aromatic nitrogens is 2. The first-order valence-corrected chi connectivity index (χ1v) is 7.89. The number of carbonyl (C=O) groups is 2. The molecule has 2 aromatic rings. The smallest absolute Gasteiger partial charge is 0.311 e. The number of hydrogen-bond donors (Lipinski definition) is 1. The maximum atomic E-state index is 13.0. The summed E-state index contributed by atoms with van der Waals surface area (Å²) in [7, 11) is 0. The molecule has 0 aliphatic carbocycles. The Hall–Kier alpha value is -2.76. The van der Waals surface area contributed by atoms with E-state index < -0.39 is 11.4 Å². The molecule has 1 unspecified atom stereocenters. The van der Waals surface area contributed by atoms with Crippen molar-refractivity contribution < 1.29 is 14.7 Å². The average molecular weight is 325 g/mol. The summed E-state index contributed by atoms with van der Waals surface area (Å²) in [5, 5.41) is 9.44. The summed E-state index contributed by atoms with van der Waals surface area (Å²) < 4.78 is 0. The first kappa shape index (κ1) is 16.1. The number of carbonyl (C=O) groups excluding carboxylic acids is 1. The first-order chi connectivity index (χ1) is 11.5. The maximum Gasteiger partial charge on any atom is 0.311 e. The highest BCUT2D eigenvalue weighted by Gasteiger charge is 2.40. The van der Waals surface area contributed by atoms with Crippen molar-refractivity contribution >= 4 is 11.9 Å². The number of carboxylic acids is 1. The van der Waals surface area contributed by atoms with Gasteiger partial charge in [0.1, 0.15) is 6.33 Å². The standard InChI is InChI=1S/C18H19N3O3/c1-18(17(23)24)8-5-9-21(11-18)16(22)14-10-19-12-20-15(14)13-6-3-2-4-7-13/h2-4,6-7,10,12H,5,8-9,11H2,1H3,(H,23,24). The Morgan fingerprint density at radius 1 is 1.25 bits per heavy atom. The molecule has 0 radical (unpaired) electrons. The predicted octanol–water partition coefficient (Wildman–Crippen LogP) is 2.47. The Bertz CT molecular complexity index is 763. The minimum Gasteiger partial charge on any atom is -0.481 e. The molecule has 2 heterocycles. The number of rotatable bonds is 3. The predicted molar refractivity (Wildman–Crippen MR) is 88.3 cm³/mol. The van der Waals surface area contributed by atoms with Crippen LogP contribution >= 0.6 is 0 Å². The normalized spacial score (nSPS) is 20.6. The summed E-state index contributed by atoms with van der Waals surface area (Å²) >= 11 is 0. The molecule has 0 bridgehead atoms. The van der Waals surface area contributed by atoms with Gasteiger partial charge in [-0.15, -0.1) is 0 Å². The van der Waals surface area contributed by atoms with Gasteiger partial charge in [0.25, 0.3) is 5.91 Å². The molecular formula is C18H19N3O3. The second-order valence-electron chi connectivity index (χ2n) is 6.35. The van der Waals surface area contributed by atoms with Gasteiger partial charge in [0.05, 0.1) is 16.7 Å². The molecule has 1 aliphatic heterocycles. The number of piperidine rings is 1. The number of nitrogens with zero attached hydrogens (tertiary/aromatic N) is 3. The van der Waals surface area contributed by atoms with Crippen LogP contribution in [0.2, 0.25) is 0 Å². The number of benzene rings is 1. The van der Waals surface area contributed by atoms with Gasteiger partial charge in [0, 0.05) is 24.8 Å². The van der Waals surface area contributed by atoms with Crippen LogP contribution in [0, 0.1) is 5.41 Å². The SMILES string of the molecule is CC1(C(=O)O)CCCN(C(=O)c2cncnc2-c2ccccc2)C1. The van der Waals surface area contributed by atoms with E-state index in [0.29, 0.717) is 30.6 Å². The van der Waals surface area contributed by atoms with Gasteiger partial charge in [-0.3, -0.25) is 9.59 Å². The fourth-order valence-corrected chi connectivity index (χ4v) is 3.07. The summed E-state index contributed by atoms with van der Waals surface area (Å²) in [4.78, 5) is 34.3. The van der Waals surface area contributed by atoms with Gasteiger partial charge in [0.15, 0.2) is 0 Å². The number of carboxylic acid groups (broad SMARTS) is 1. The largest absolute Gasteiger partial charge is 0.481 e. The zero-order valence-corrected chi connectivity index (χ0v) is 13.5. The van der Waals surface area contributed by atoms with Crippen molar-refractivity contribution in [2.24, 2.45) is 5.41 Å². The summed E-state index contributed by atoms with van der Waals surface area (Å²) in [5.41, 5.74) is 0.897. The molecule has 6 heteroatoms. The fraction of sp³-hybridized carbons (Fsp3) is 0.333. The van der Waals surface area contributed by atoms with E-state index in [9.17, 15) is 14.7 Å². The van der Waals surface area contributed by atoms with E-state index >= 15 is 0 Å². The van der Waals surface area contributed by atoms with Gasteiger partial charge in [0.2, 0.25) is 0 Å². The Balaban J connectivity index is 1.93. The van der Waals surface area contributed by atoms with Crippen LogP contribution in [0.4, 0.5) is 0 Å². The maximum absolute atomic E-state index is 13.0. The summed E-state index contributed by atoms with van der Waals surface area (Å²) in [6.07, 6.45) is 4.16. The Labute approximate surface area is 140 Å². The van der Waals surface area contributed by atoms with Crippen LogP contribution in [0.25, 0.3) is 11.3 Å². The van der Waals surface area contributed by atoms with Crippen LogP contribution in [0.5, 0.6) is 0 Å². The highest BCUT2D eigenvalue weighted by Crippen LogP contribution is 2.31. The summed E-state index contributed by atoms with van der Waals surface area (Å²) in [6.45, 7) is 2.43. The average Bonchev–Trinajstić information content (AvgIpc) is 2.62. The second-order valence-corrected chi connectivity index (χ2v) is 6.35. The third-order valence-corrected chi connectivity index (χ3v) is 4.49. The number of aliphatic carboxylic acids is 1. The molecule has 6 nitrogen and oxygen atoms in total. The lowest BCUT2D eigenvalue weighted by atomic mass is 9.82. The van der Waals surface area contributed by atoms with E-state index in [1.807, 2.05) is 30.3 Å². The molecular weight excluding hydrogens is 306 g/mol. The molecule has 1 N–H and O–H groups in total. The zero-order valence-electron chi connectivity index (χ0n) is 13.5. The van der Waals surface area contributed by atoms with Crippen molar-refractivity contribution in [3.8, 4) is 11.3 Å². The molecule has 0 saturated carbocycles. The van der Waals surface area contributed by atoms with Crippen molar-refractivity contribution in [2.75, 3.05) is 13.1 Å². The highest BCUT2D eigenvalue weighted by atomic mass is 16.4. The van der Waals surface area contributed by atoms with Gasteiger partial charge >= 0.3 is 5.97 Å². The molecule has 1 saturated heterocycles. The van der Waals surface area contributed by atoms with Gasteiger partial charge in [-0.05, 0) is 19.8 Å². The van der Waals surface area contributed by atoms with Crippen LogP contribution in [0.15, 0.2) is 42.9 Å². The van der Waals surface area contributed by atoms with E-state index in [0.717, 1.165) is 5.56 Å². The first-order valence-electron chi connectivity index (χ1n) is 7.89. The van der Waals surface area contributed by atoms with Crippen molar-refractivity contribution in [3.05, 3.63) is 48.4 Å². The molecule has 1 fully saturated rings. The lowest BCUT2D eigenvalue weighted by molar-refractivity contribution is -0.150. The Kier molecular flexibility index (Phi) is 4.29. The Morgan fingerprint density at radius 2 is 2.00 bits per heavy atom. The van der Waals surface area contributed by atoms with E-state index in [1.165, 1.54) is 12.5 Å². The van der Waals surface area contributed by atoms with Gasteiger partial charge in [-0.1, -0.05) is 30.3 Å². The third kappa shape index (κ3) is 2.99. The molecule has 124 valence electrons. The highest BCUT2D eigenvalue weighted by molar-refractivity contribution is 5.99. The minimum atomic E-state index is -0.906. The monoisotopic (exact) mass is 325 g/mol. The number of hydrogen-bond acceptors (Lipinski definition) is 4. The molecule has 3 rings (SSSR count). The van der Waals surface area contributed by atoms with E-state index in [2.05, 4.69) is 9.97 Å². The third-order valence-electron chi connectivity index (χ3n) is 4.49. The molecule has 1 atom stereocenters. The van der Waals surface area contributed by atoms with Crippen LogP contribution < -0.4 is 0 Å². The van der Waals surface area contributed by atoms with Crippen molar-refractivity contribution in [1.82, 2.24) is 14.9 Å². The van der Waals surface area contributed by atoms with Crippen LogP contribution in [0.1, 0.15) is 30.1 Å². The lowest BCUT2D eigenvalue weighted by Crippen LogP contribution is -2.48. The van der Waals surface area contributed by atoms with Crippen molar-refractivity contribution in [1.29, 1.82) is 0 Å². The van der Waals surface area contributed by atoms with Crippen molar-refractivity contribution in [2.45, 2.75) is 19.8 Å². The topological polar surface area (TPSA) is 83.4 Å². The number of amides is 1. The molecule has 0 spiro atoms. The molecule has 1 aromatic carbocycles. The van der Waals surface area contributed by atoms with Crippen LogP contribution in [-0.2, 0) is 4.79 Å². The molecule has 1 amide bonds. The number of likely N-dealkylation sites (tertiary alicyclic amines) is 1. The molecule has 1 aromatic heterocycles. The van der Waals surface area contributed by atoms with E-state index in [4.69, 9.17) is 0 Å². The van der Waals surface area contributed by atoms with E-state index in [-0.39, 0.29) is 12.5 Å². The lowest BCUT2D eigenvalue weighted by Gasteiger charge is -2.37. The quantitative estimate of drug-likeness (QED) is 0.937. The van der Waals surface area contributed by atoms with Crippen molar-refractivity contribution in [3.63, 3.8) is 0 Å². The minimum absolute atomic E-state index is 0.199. The Morgan fingerprint density at radius 3 is 2.71 bits per heavy atom.